The van der Waals surface area contributed by atoms with Crippen LogP contribution in [0.2, 0.25) is 0 Å². The van der Waals surface area contributed by atoms with Gasteiger partial charge in [-0.2, -0.15) is 0 Å². The number of hydrogen-bond donors (Lipinski definition) is 0. The molecule has 2 aromatic carbocycles. The Morgan fingerprint density at radius 2 is 1.68 bits per heavy atom. The lowest BCUT2D eigenvalue weighted by molar-refractivity contribution is 0.627. The summed E-state index contributed by atoms with van der Waals surface area (Å²) < 4.78 is 14.9. The van der Waals surface area contributed by atoms with Crippen LogP contribution >= 0.6 is 11.8 Å². The van der Waals surface area contributed by atoms with E-state index in [1.807, 2.05) is 29.8 Å². The number of rotatable bonds is 5. The van der Waals surface area contributed by atoms with Crippen LogP contribution in [0.3, 0.4) is 0 Å². The lowest BCUT2D eigenvalue weighted by atomic mass is 10.1. The van der Waals surface area contributed by atoms with E-state index >= 15 is 0 Å². The second kappa shape index (κ2) is 6.75. The van der Waals surface area contributed by atoms with E-state index in [1.54, 1.807) is 23.9 Å². The van der Waals surface area contributed by atoms with Crippen molar-refractivity contribution in [3.63, 3.8) is 0 Å². The van der Waals surface area contributed by atoms with Gasteiger partial charge in [0, 0.05) is 19.2 Å². The van der Waals surface area contributed by atoms with E-state index < -0.39 is 0 Å². The molecule has 5 heteroatoms. The molecule has 0 radical (unpaired) electrons. The van der Waals surface area contributed by atoms with Gasteiger partial charge in [0.05, 0.1) is 0 Å². The Labute approximate surface area is 133 Å². The van der Waals surface area contributed by atoms with Crippen molar-refractivity contribution < 1.29 is 4.39 Å². The molecule has 0 saturated heterocycles. The van der Waals surface area contributed by atoms with Gasteiger partial charge in [-0.15, -0.1) is 10.2 Å². The van der Waals surface area contributed by atoms with Gasteiger partial charge in [0.25, 0.3) is 0 Å². The number of aromatic nitrogens is 3. The highest BCUT2D eigenvalue weighted by Crippen LogP contribution is 2.22. The summed E-state index contributed by atoms with van der Waals surface area (Å²) in [5.74, 6) is 1.47. The van der Waals surface area contributed by atoms with Crippen molar-refractivity contribution >= 4 is 11.8 Å². The van der Waals surface area contributed by atoms with Crippen molar-refractivity contribution in [2.75, 3.05) is 0 Å². The van der Waals surface area contributed by atoms with Crippen LogP contribution in [-0.4, -0.2) is 14.8 Å². The summed E-state index contributed by atoms with van der Waals surface area (Å²) in [6.45, 7) is 0. The summed E-state index contributed by atoms with van der Waals surface area (Å²) in [6, 6.07) is 16.8. The zero-order valence-corrected chi connectivity index (χ0v) is 13.1. The Hall–Kier alpha value is -2.14. The predicted molar refractivity (Wildman–Crippen MR) is 86.2 cm³/mol. The molecule has 0 bridgehead atoms. The van der Waals surface area contributed by atoms with Gasteiger partial charge in [-0.3, -0.25) is 0 Å². The highest BCUT2D eigenvalue weighted by molar-refractivity contribution is 7.98. The Kier molecular flexibility index (Phi) is 4.53. The monoisotopic (exact) mass is 313 g/mol. The van der Waals surface area contributed by atoms with E-state index in [0.29, 0.717) is 0 Å². The molecule has 3 aromatic rings. The summed E-state index contributed by atoms with van der Waals surface area (Å²) >= 11 is 1.60. The van der Waals surface area contributed by atoms with Crippen molar-refractivity contribution in [3.05, 3.63) is 77.4 Å². The molecule has 0 aliphatic heterocycles. The smallest absolute Gasteiger partial charge is 0.191 e. The molecule has 1 aromatic heterocycles. The van der Waals surface area contributed by atoms with Crippen LogP contribution in [-0.2, 0) is 19.2 Å². The molecule has 0 spiro atoms. The van der Waals surface area contributed by atoms with Gasteiger partial charge in [0.15, 0.2) is 5.16 Å². The maximum absolute atomic E-state index is 12.9. The lowest BCUT2D eigenvalue weighted by Crippen LogP contribution is -2.00. The SMILES string of the molecule is Cn1c(Cc2ccccc2)nnc1SCc1ccc(F)cc1. The average Bonchev–Trinajstić information content (AvgIpc) is 2.88. The fourth-order valence-electron chi connectivity index (χ4n) is 2.13. The number of hydrogen-bond acceptors (Lipinski definition) is 3. The Morgan fingerprint density at radius 1 is 0.955 bits per heavy atom. The third kappa shape index (κ3) is 3.54. The molecule has 0 fully saturated rings. The van der Waals surface area contributed by atoms with Crippen LogP contribution in [0.15, 0.2) is 59.8 Å². The fourth-order valence-corrected chi connectivity index (χ4v) is 3.02. The summed E-state index contributed by atoms with van der Waals surface area (Å²) in [7, 11) is 1.98. The highest BCUT2D eigenvalue weighted by Gasteiger charge is 2.10. The van der Waals surface area contributed by atoms with Gasteiger partial charge in [-0.25, -0.2) is 4.39 Å². The minimum Gasteiger partial charge on any atom is -0.309 e. The molecule has 0 atom stereocenters. The lowest BCUT2D eigenvalue weighted by Gasteiger charge is -2.04. The van der Waals surface area contributed by atoms with Gasteiger partial charge in [-0.1, -0.05) is 54.2 Å². The Balaban J connectivity index is 1.67. The Bertz CT molecular complexity index is 738. The highest BCUT2D eigenvalue weighted by atomic mass is 32.2. The summed E-state index contributed by atoms with van der Waals surface area (Å²) in [5, 5.41) is 9.39. The molecule has 0 unspecified atom stereocenters. The quantitative estimate of drug-likeness (QED) is 0.671. The van der Waals surface area contributed by atoms with Crippen LogP contribution < -0.4 is 0 Å². The number of benzene rings is 2. The first-order chi connectivity index (χ1) is 10.7. The van der Waals surface area contributed by atoms with Crippen LogP contribution in [0.5, 0.6) is 0 Å². The molecule has 112 valence electrons. The predicted octanol–water partition coefficient (Wildman–Crippen LogP) is 3.84. The first-order valence-electron chi connectivity index (χ1n) is 7.02. The topological polar surface area (TPSA) is 30.7 Å². The third-order valence-corrected chi connectivity index (χ3v) is 4.50. The molecule has 3 nitrogen and oxygen atoms in total. The standard InChI is InChI=1S/C17H16FN3S/c1-21-16(11-13-5-3-2-4-6-13)19-20-17(21)22-12-14-7-9-15(18)10-8-14/h2-10H,11-12H2,1H3. The zero-order chi connectivity index (χ0) is 15.4. The van der Waals surface area contributed by atoms with E-state index in [1.165, 1.54) is 17.7 Å². The van der Waals surface area contributed by atoms with E-state index in [-0.39, 0.29) is 5.82 Å². The second-order valence-electron chi connectivity index (χ2n) is 5.04. The molecule has 0 amide bonds. The largest absolute Gasteiger partial charge is 0.309 e. The summed E-state index contributed by atoms with van der Waals surface area (Å²) in [4.78, 5) is 0. The minimum absolute atomic E-state index is 0.211. The molecule has 0 aliphatic rings. The molecular weight excluding hydrogens is 297 g/mol. The average molecular weight is 313 g/mol. The van der Waals surface area contributed by atoms with Crippen LogP contribution in [0.1, 0.15) is 17.0 Å². The molecule has 0 N–H and O–H groups in total. The van der Waals surface area contributed by atoms with Crippen LogP contribution in [0.4, 0.5) is 4.39 Å². The van der Waals surface area contributed by atoms with Gasteiger partial charge < -0.3 is 4.57 Å². The van der Waals surface area contributed by atoms with Crippen molar-refractivity contribution in [2.45, 2.75) is 17.3 Å². The molecule has 1 heterocycles. The number of thioether (sulfide) groups is 1. The maximum Gasteiger partial charge on any atom is 0.191 e. The van der Waals surface area contributed by atoms with E-state index in [4.69, 9.17) is 0 Å². The van der Waals surface area contributed by atoms with E-state index in [9.17, 15) is 4.39 Å². The van der Waals surface area contributed by atoms with E-state index in [2.05, 4.69) is 22.3 Å². The van der Waals surface area contributed by atoms with Gasteiger partial charge >= 0.3 is 0 Å². The van der Waals surface area contributed by atoms with Crippen molar-refractivity contribution in [3.8, 4) is 0 Å². The van der Waals surface area contributed by atoms with Crippen molar-refractivity contribution in [2.24, 2.45) is 7.05 Å². The molecule has 0 aliphatic carbocycles. The maximum atomic E-state index is 12.9. The molecule has 3 rings (SSSR count). The van der Waals surface area contributed by atoms with Crippen LogP contribution in [0.25, 0.3) is 0 Å². The van der Waals surface area contributed by atoms with Crippen molar-refractivity contribution in [1.82, 2.24) is 14.8 Å². The number of nitrogens with zero attached hydrogens (tertiary/aromatic N) is 3. The van der Waals surface area contributed by atoms with E-state index in [0.717, 1.165) is 28.7 Å². The molecule has 22 heavy (non-hydrogen) atoms. The summed E-state index contributed by atoms with van der Waals surface area (Å²) in [5.41, 5.74) is 2.28. The first kappa shape index (κ1) is 14.8. The molecule has 0 saturated carbocycles. The van der Waals surface area contributed by atoms with Gasteiger partial charge in [0.1, 0.15) is 11.6 Å². The second-order valence-corrected chi connectivity index (χ2v) is 5.98. The van der Waals surface area contributed by atoms with Crippen LogP contribution in [0, 0.1) is 5.82 Å². The molecular formula is C17H16FN3S. The van der Waals surface area contributed by atoms with Crippen molar-refractivity contribution in [1.29, 1.82) is 0 Å². The summed E-state index contributed by atoms with van der Waals surface area (Å²) in [6.07, 6.45) is 0.765. The third-order valence-electron chi connectivity index (χ3n) is 3.41. The van der Waals surface area contributed by atoms with Gasteiger partial charge in [-0.05, 0) is 23.3 Å². The normalized spacial score (nSPS) is 10.8. The Morgan fingerprint density at radius 3 is 2.41 bits per heavy atom. The van der Waals surface area contributed by atoms with Gasteiger partial charge in [0.2, 0.25) is 0 Å². The minimum atomic E-state index is -0.211. The number of halogens is 1. The first-order valence-corrected chi connectivity index (χ1v) is 8.00. The fraction of sp³-hybridized carbons (Fsp3) is 0.176. The zero-order valence-electron chi connectivity index (χ0n) is 12.2.